The Balaban J connectivity index is 2.43. The van der Waals surface area contributed by atoms with Gasteiger partial charge in [-0.3, -0.25) is 4.90 Å². The highest BCUT2D eigenvalue weighted by Crippen LogP contribution is 2.42. The quantitative estimate of drug-likeness (QED) is 0.905. The first-order valence-corrected chi connectivity index (χ1v) is 7.18. The highest BCUT2D eigenvalue weighted by atomic mass is 19.4. The third-order valence-electron chi connectivity index (χ3n) is 3.82. The number of halogens is 3. The van der Waals surface area contributed by atoms with Gasteiger partial charge in [0.05, 0.1) is 32.2 Å². The fourth-order valence-corrected chi connectivity index (χ4v) is 2.84. The van der Waals surface area contributed by atoms with Crippen molar-refractivity contribution >= 4 is 0 Å². The maximum atomic E-state index is 13.1. The monoisotopic (exact) mass is 318 g/mol. The minimum atomic E-state index is -4.26. The normalized spacial score (nSPS) is 18.0. The van der Waals surface area contributed by atoms with E-state index in [1.807, 2.05) is 4.90 Å². The number of nitrogens with zero attached hydrogens (tertiary/aromatic N) is 1. The van der Waals surface area contributed by atoms with Gasteiger partial charge in [-0.25, -0.2) is 0 Å². The summed E-state index contributed by atoms with van der Waals surface area (Å²) < 4.78 is 49.9. The van der Waals surface area contributed by atoms with Gasteiger partial charge < -0.3 is 14.8 Å². The van der Waals surface area contributed by atoms with E-state index in [1.165, 1.54) is 14.2 Å². The molecule has 1 saturated heterocycles. The van der Waals surface area contributed by atoms with Crippen LogP contribution >= 0.6 is 0 Å². The van der Waals surface area contributed by atoms with Gasteiger partial charge in [0.2, 0.25) is 0 Å². The Hall–Kier alpha value is -1.47. The van der Waals surface area contributed by atoms with Crippen LogP contribution in [0.15, 0.2) is 18.2 Å². The van der Waals surface area contributed by atoms with Gasteiger partial charge in [-0.2, -0.15) is 13.2 Å². The first-order chi connectivity index (χ1) is 10.5. The number of rotatable bonds is 5. The topological polar surface area (TPSA) is 33.7 Å². The van der Waals surface area contributed by atoms with E-state index in [2.05, 4.69) is 5.32 Å². The second kappa shape index (κ2) is 7.19. The average Bonchev–Trinajstić information content (AvgIpc) is 2.52. The summed E-state index contributed by atoms with van der Waals surface area (Å²) in [5.74, 6) is 0.847. The summed E-state index contributed by atoms with van der Waals surface area (Å²) in [6, 6.07) is 4.24. The Morgan fingerprint density at radius 2 is 1.68 bits per heavy atom. The van der Waals surface area contributed by atoms with Crippen LogP contribution in [0.5, 0.6) is 11.5 Å². The maximum absolute atomic E-state index is 13.1. The number of benzene rings is 1. The molecule has 0 saturated carbocycles. The van der Waals surface area contributed by atoms with Gasteiger partial charge in [0.15, 0.2) is 0 Å². The first-order valence-electron chi connectivity index (χ1n) is 7.18. The number of hydrogen-bond donors (Lipinski definition) is 1. The summed E-state index contributed by atoms with van der Waals surface area (Å²) >= 11 is 0. The highest BCUT2D eigenvalue weighted by Gasteiger charge is 2.38. The molecule has 0 unspecified atom stereocenters. The van der Waals surface area contributed by atoms with Crippen molar-refractivity contribution in [1.29, 1.82) is 0 Å². The molecule has 0 amide bonds. The van der Waals surface area contributed by atoms with Gasteiger partial charge in [0.25, 0.3) is 0 Å². The highest BCUT2D eigenvalue weighted by molar-refractivity contribution is 5.47. The zero-order valence-electron chi connectivity index (χ0n) is 12.7. The number of nitrogens with one attached hydrogen (secondary N) is 1. The van der Waals surface area contributed by atoms with Crippen molar-refractivity contribution in [2.75, 3.05) is 40.4 Å². The average molecular weight is 318 g/mol. The molecule has 0 aliphatic carbocycles. The maximum Gasteiger partial charge on any atom is 0.390 e. The van der Waals surface area contributed by atoms with E-state index in [1.54, 1.807) is 18.2 Å². The predicted molar refractivity (Wildman–Crippen MR) is 77.4 cm³/mol. The summed E-state index contributed by atoms with van der Waals surface area (Å²) in [7, 11) is 2.92. The lowest BCUT2D eigenvalue weighted by molar-refractivity contribution is -0.149. The molecule has 0 aromatic heterocycles. The van der Waals surface area contributed by atoms with Crippen LogP contribution in [-0.2, 0) is 0 Å². The molecule has 1 aromatic carbocycles. The molecule has 1 atom stereocenters. The fourth-order valence-electron chi connectivity index (χ4n) is 2.84. The van der Waals surface area contributed by atoms with Gasteiger partial charge >= 0.3 is 6.18 Å². The van der Waals surface area contributed by atoms with Gasteiger partial charge in [-0.1, -0.05) is 6.07 Å². The molecule has 1 aromatic rings. The smallest absolute Gasteiger partial charge is 0.390 e. The van der Waals surface area contributed by atoms with Crippen LogP contribution in [0.3, 0.4) is 0 Å². The molecule has 1 aliphatic heterocycles. The van der Waals surface area contributed by atoms with E-state index in [0.717, 1.165) is 0 Å². The Kier molecular flexibility index (Phi) is 5.52. The first kappa shape index (κ1) is 16.9. The van der Waals surface area contributed by atoms with Crippen LogP contribution in [0.1, 0.15) is 18.0 Å². The zero-order chi connectivity index (χ0) is 16.2. The van der Waals surface area contributed by atoms with E-state index in [-0.39, 0.29) is 0 Å². The van der Waals surface area contributed by atoms with Crippen molar-refractivity contribution in [1.82, 2.24) is 10.2 Å². The molecule has 4 nitrogen and oxygen atoms in total. The third-order valence-corrected chi connectivity index (χ3v) is 3.82. The third kappa shape index (κ3) is 4.04. The van der Waals surface area contributed by atoms with E-state index in [4.69, 9.17) is 9.47 Å². The molecule has 124 valence electrons. The van der Waals surface area contributed by atoms with Gasteiger partial charge in [-0.05, 0) is 12.1 Å². The molecule has 7 heteroatoms. The Bertz CT molecular complexity index is 466. The number of piperazine rings is 1. The van der Waals surface area contributed by atoms with Crippen molar-refractivity contribution in [2.45, 2.75) is 18.6 Å². The van der Waals surface area contributed by atoms with Gasteiger partial charge in [0, 0.05) is 26.2 Å². The van der Waals surface area contributed by atoms with E-state index in [9.17, 15) is 13.2 Å². The van der Waals surface area contributed by atoms with Crippen LogP contribution < -0.4 is 14.8 Å². The van der Waals surface area contributed by atoms with Crippen LogP contribution in [0.2, 0.25) is 0 Å². The molecule has 22 heavy (non-hydrogen) atoms. The van der Waals surface area contributed by atoms with Crippen molar-refractivity contribution in [3.63, 3.8) is 0 Å². The predicted octanol–water partition coefficient (Wildman–Crippen LogP) is 2.60. The molecule has 1 heterocycles. The summed E-state index contributed by atoms with van der Waals surface area (Å²) in [6.07, 6.45) is -5.19. The zero-order valence-corrected chi connectivity index (χ0v) is 12.7. The number of hydrogen-bond acceptors (Lipinski definition) is 4. The fraction of sp³-hybridized carbons (Fsp3) is 0.600. The van der Waals surface area contributed by atoms with Crippen molar-refractivity contribution < 1.29 is 22.6 Å². The molecule has 0 spiro atoms. The van der Waals surface area contributed by atoms with Gasteiger partial charge in [0.1, 0.15) is 11.5 Å². The summed E-state index contributed by atoms with van der Waals surface area (Å²) in [4.78, 5) is 1.84. The largest absolute Gasteiger partial charge is 0.496 e. The van der Waals surface area contributed by atoms with Crippen LogP contribution in [-0.4, -0.2) is 51.5 Å². The Morgan fingerprint density at radius 3 is 2.14 bits per heavy atom. The SMILES string of the molecule is COc1cccc(OC)c1[C@H](CC(F)(F)F)N1CCNCC1. The lowest BCUT2D eigenvalue weighted by Crippen LogP contribution is -2.46. The standard InChI is InChI=1S/C15H21F3N2O2/c1-21-12-4-3-5-13(22-2)14(12)11(10-15(16,17)18)20-8-6-19-7-9-20/h3-5,11,19H,6-10H2,1-2H3/t11-/m0/s1. The molecule has 1 N–H and O–H groups in total. The summed E-state index contributed by atoms with van der Waals surface area (Å²) in [5.41, 5.74) is 0.465. The van der Waals surface area contributed by atoms with Crippen molar-refractivity contribution in [2.24, 2.45) is 0 Å². The molecular weight excluding hydrogens is 297 g/mol. The lowest BCUT2D eigenvalue weighted by atomic mass is 9.98. The van der Waals surface area contributed by atoms with E-state index in [0.29, 0.717) is 43.2 Å². The summed E-state index contributed by atoms with van der Waals surface area (Å²) in [5, 5.41) is 3.16. The molecule has 1 fully saturated rings. The van der Waals surface area contributed by atoms with E-state index < -0.39 is 18.6 Å². The molecule has 1 aliphatic rings. The minimum Gasteiger partial charge on any atom is -0.496 e. The van der Waals surface area contributed by atoms with Crippen LogP contribution in [0.4, 0.5) is 13.2 Å². The van der Waals surface area contributed by atoms with E-state index >= 15 is 0 Å². The molecule has 0 radical (unpaired) electrons. The summed E-state index contributed by atoms with van der Waals surface area (Å²) in [6.45, 7) is 2.46. The van der Waals surface area contributed by atoms with Crippen molar-refractivity contribution in [3.05, 3.63) is 23.8 Å². The second-order valence-corrected chi connectivity index (χ2v) is 5.20. The Morgan fingerprint density at radius 1 is 1.14 bits per heavy atom. The van der Waals surface area contributed by atoms with Crippen LogP contribution in [0, 0.1) is 0 Å². The number of alkyl halides is 3. The Labute approximate surface area is 128 Å². The number of methoxy groups -OCH3 is 2. The lowest BCUT2D eigenvalue weighted by Gasteiger charge is -2.36. The minimum absolute atomic E-state index is 0.423. The second-order valence-electron chi connectivity index (χ2n) is 5.20. The molecule has 2 rings (SSSR count). The van der Waals surface area contributed by atoms with Crippen LogP contribution in [0.25, 0.3) is 0 Å². The molecule has 0 bridgehead atoms. The molecular formula is C15H21F3N2O2. The van der Waals surface area contributed by atoms with Crippen molar-refractivity contribution in [3.8, 4) is 11.5 Å². The number of ether oxygens (including phenoxy) is 2. The van der Waals surface area contributed by atoms with Gasteiger partial charge in [-0.15, -0.1) is 0 Å².